The van der Waals surface area contributed by atoms with E-state index in [0.29, 0.717) is 31.3 Å². The summed E-state index contributed by atoms with van der Waals surface area (Å²) in [6.45, 7) is 5.29. The molecular formula is C15H19ClO3. The van der Waals surface area contributed by atoms with Gasteiger partial charge in [0, 0.05) is 12.5 Å². The first-order chi connectivity index (χ1) is 9.27. The predicted octanol–water partition coefficient (Wildman–Crippen LogP) is 3.52. The molecule has 0 aliphatic heterocycles. The highest BCUT2D eigenvalue weighted by molar-refractivity contribution is 6.17. The molecule has 104 valence electrons. The Balaban J connectivity index is 2.21. The summed E-state index contributed by atoms with van der Waals surface area (Å²) in [5, 5.41) is 0. The van der Waals surface area contributed by atoms with Crippen LogP contribution in [-0.4, -0.2) is 31.7 Å². The van der Waals surface area contributed by atoms with E-state index in [4.69, 9.17) is 21.1 Å². The van der Waals surface area contributed by atoms with Crippen molar-refractivity contribution in [2.75, 3.05) is 25.7 Å². The van der Waals surface area contributed by atoms with Gasteiger partial charge in [-0.1, -0.05) is 24.8 Å². The number of halogens is 1. The van der Waals surface area contributed by atoms with Crippen LogP contribution < -0.4 is 0 Å². The van der Waals surface area contributed by atoms with Gasteiger partial charge in [-0.3, -0.25) is 0 Å². The number of ether oxygens (including phenoxy) is 2. The van der Waals surface area contributed by atoms with Crippen LogP contribution in [0.3, 0.4) is 0 Å². The minimum Gasteiger partial charge on any atom is -0.462 e. The Morgan fingerprint density at radius 2 is 2.05 bits per heavy atom. The number of unbranched alkanes of at least 4 members (excludes halogenated alkanes) is 1. The molecule has 1 rings (SSSR count). The summed E-state index contributed by atoms with van der Waals surface area (Å²) < 4.78 is 10.4. The molecule has 0 saturated carbocycles. The van der Waals surface area contributed by atoms with E-state index < -0.39 is 0 Å². The van der Waals surface area contributed by atoms with E-state index in [2.05, 4.69) is 6.58 Å². The molecule has 4 heteroatoms. The second kappa shape index (κ2) is 9.59. The first kappa shape index (κ1) is 15.7. The fraction of sp³-hybridized carbons (Fsp3) is 0.400. The summed E-state index contributed by atoms with van der Waals surface area (Å²) in [6.07, 6.45) is 3.34. The van der Waals surface area contributed by atoms with Gasteiger partial charge in [0.2, 0.25) is 0 Å². The van der Waals surface area contributed by atoms with Gasteiger partial charge in [0.15, 0.2) is 0 Å². The Kier molecular flexibility index (Phi) is 7.94. The molecule has 3 nitrogen and oxygen atoms in total. The normalized spacial score (nSPS) is 10.2. The van der Waals surface area contributed by atoms with Crippen LogP contribution in [0.5, 0.6) is 0 Å². The number of carbonyl (C=O) groups is 1. The Hall–Kier alpha value is -1.32. The van der Waals surface area contributed by atoms with Gasteiger partial charge >= 0.3 is 5.97 Å². The zero-order valence-corrected chi connectivity index (χ0v) is 11.7. The number of esters is 1. The molecule has 0 aliphatic carbocycles. The van der Waals surface area contributed by atoms with E-state index in [1.54, 1.807) is 18.2 Å². The van der Waals surface area contributed by atoms with Crippen molar-refractivity contribution in [1.29, 1.82) is 0 Å². The Morgan fingerprint density at radius 1 is 1.26 bits per heavy atom. The molecule has 0 N–H and O–H groups in total. The maximum Gasteiger partial charge on any atom is 0.338 e. The third-order valence-electron chi connectivity index (χ3n) is 2.50. The molecule has 19 heavy (non-hydrogen) atoms. The third-order valence-corrected chi connectivity index (χ3v) is 2.65. The lowest BCUT2D eigenvalue weighted by Crippen LogP contribution is -2.07. The lowest BCUT2D eigenvalue weighted by atomic mass is 10.1. The number of rotatable bonds is 9. The van der Waals surface area contributed by atoms with Crippen LogP contribution in [0.25, 0.3) is 6.08 Å². The molecule has 0 heterocycles. The molecule has 0 bridgehead atoms. The van der Waals surface area contributed by atoms with Crippen molar-refractivity contribution < 1.29 is 14.3 Å². The predicted molar refractivity (Wildman–Crippen MR) is 77.6 cm³/mol. The van der Waals surface area contributed by atoms with E-state index in [9.17, 15) is 4.79 Å². The van der Waals surface area contributed by atoms with Crippen LogP contribution >= 0.6 is 11.6 Å². The average Bonchev–Trinajstić information content (AvgIpc) is 2.46. The maximum atomic E-state index is 11.7. The van der Waals surface area contributed by atoms with Crippen molar-refractivity contribution in [3.8, 4) is 0 Å². The first-order valence-electron chi connectivity index (χ1n) is 6.31. The van der Waals surface area contributed by atoms with Gasteiger partial charge in [0.25, 0.3) is 0 Å². The van der Waals surface area contributed by atoms with E-state index in [1.807, 2.05) is 12.1 Å². The zero-order chi connectivity index (χ0) is 13.9. The Labute approximate surface area is 119 Å². The molecule has 0 aliphatic rings. The molecule has 1 aromatic carbocycles. The highest BCUT2D eigenvalue weighted by Crippen LogP contribution is 2.08. The van der Waals surface area contributed by atoms with Crippen molar-refractivity contribution in [2.45, 2.75) is 12.8 Å². The lowest BCUT2D eigenvalue weighted by molar-refractivity contribution is 0.0484. The topological polar surface area (TPSA) is 35.5 Å². The summed E-state index contributed by atoms with van der Waals surface area (Å²) in [4.78, 5) is 11.7. The summed E-state index contributed by atoms with van der Waals surface area (Å²) in [7, 11) is 0. The van der Waals surface area contributed by atoms with E-state index >= 15 is 0 Å². The van der Waals surface area contributed by atoms with Crippen LogP contribution in [0, 0.1) is 0 Å². The molecular weight excluding hydrogens is 264 g/mol. The second-order valence-electron chi connectivity index (χ2n) is 3.97. The number of hydrogen-bond donors (Lipinski definition) is 0. The maximum absolute atomic E-state index is 11.7. The minimum atomic E-state index is -0.301. The van der Waals surface area contributed by atoms with Gasteiger partial charge in [-0.25, -0.2) is 4.79 Å². The summed E-state index contributed by atoms with van der Waals surface area (Å²) in [6, 6.07) is 7.20. The van der Waals surface area contributed by atoms with Crippen LogP contribution in [0.15, 0.2) is 30.8 Å². The minimum absolute atomic E-state index is 0.301. The molecule has 0 amide bonds. The van der Waals surface area contributed by atoms with Crippen LogP contribution in [0.2, 0.25) is 0 Å². The SMILES string of the molecule is C=Cc1cccc(C(=O)OCCCCOCCCl)c1. The number of benzene rings is 1. The van der Waals surface area contributed by atoms with Gasteiger partial charge in [0.1, 0.15) is 0 Å². The molecule has 0 saturated heterocycles. The van der Waals surface area contributed by atoms with Gasteiger partial charge in [-0.05, 0) is 30.5 Å². The van der Waals surface area contributed by atoms with Crippen molar-refractivity contribution >= 4 is 23.6 Å². The molecule has 0 radical (unpaired) electrons. The van der Waals surface area contributed by atoms with E-state index in [-0.39, 0.29) is 5.97 Å². The van der Waals surface area contributed by atoms with Gasteiger partial charge < -0.3 is 9.47 Å². The second-order valence-corrected chi connectivity index (χ2v) is 4.35. The largest absolute Gasteiger partial charge is 0.462 e. The number of alkyl halides is 1. The van der Waals surface area contributed by atoms with Crippen molar-refractivity contribution in [1.82, 2.24) is 0 Å². The smallest absolute Gasteiger partial charge is 0.338 e. The standard InChI is InChI=1S/C15H19ClO3/c1-2-13-6-5-7-14(12-13)15(17)19-10-4-3-9-18-11-8-16/h2,5-7,12H,1,3-4,8-11H2. The Bertz CT molecular complexity index is 404. The lowest BCUT2D eigenvalue weighted by Gasteiger charge is -2.05. The number of hydrogen-bond acceptors (Lipinski definition) is 3. The summed E-state index contributed by atoms with van der Waals surface area (Å²) in [5.74, 6) is 0.208. The van der Waals surface area contributed by atoms with Crippen LogP contribution in [0.1, 0.15) is 28.8 Å². The zero-order valence-electron chi connectivity index (χ0n) is 10.9. The van der Waals surface area contributed by atoms with Crippen molar-refractivity contribution in [3.63, 3.8) is 0 Å². The fourth-order valence-electron chi connectivity index (χ4n) is 1.50. The van der Waals surface area contributed by atoms with Crippen LogP contribution in [-0.2, 0) is 9.47 Å². The fourth-order valence-corrected chi connectivity index (χ4v) is 1.61. The quantitative estimate of drug-likeness (QED) is 0.395. The van der Waals surface area contributed by atoms with Gasteiger partial charge in [-0.2, -0.15) is 0 Å². The monoisotopic (exact) mass is 282 g/mol. The number of carbonyl (C=O) groups excluding carboxylic acids is 1. The summed E-state index contributed by atoms with van der Waals surface area (Å²) >= 11 is 5.47. The first-order valence-corrected chi connectivity index (χ1v) is 6.84. The third kappa shape index (κ3) is 6.41. The van der Waals surface area contributed by atoms with Gasteiger partial charge in [0.05, 0.1) is 18.8 Å². The highest BCUT2D eigenvalue weighted by Gasteiger charge is 2.06. The summed E-state index contributed by atoms with van der Waals surface area (Å²) in [5.41, 5.74) is 1.46. The van der Waals surface area contributed by atoms with E-state index in [0.717, 1.165) is 18.4 Å². The highest BCUT2D eigenvalue weighted by atomic mass is 35.5. The van der Waals surface area contributed by atoms with Crippen LogP contribution in [0.4, 0.5) is 0 Å². The molecule has 0 fully saturated rings. The average molecular weight is 283 g/mol. The molecule has 0 atom stereocenters. The molecule has 0 aromatic heterocycles. The molecule has 0 unspecified atom stereocenters. The van der Waals surface area contributed by atoms with Crippen molar-refractivity contribution in [2.24, 2.45) is 0 Å². The Morgan fingerprint density at radius 3 is 2.79 bits per heavy atom. The molecule has 1 aromatic rings. The molecule has 0 spiro atoms. The van der Waals surface area contributed by atoms with Crippen molar-refractivity contribution in [3.05, 3.63) is 42.0 Å². The van der Waals surface area contributed by atoms with Gasteiger partial charge in [-0.15, -0.1) is 11.6 Å². The van der Waals surface area contributed by atoms with E-state index in [1.165, 1.54) is 0 Å².